The minimum Gasteiger partial charge on any atom is -0.342 e. The number of piperidine rings is 1. The van der Waals surface area contributed by atoms with Crippen molar-refractivity contribution in [2.75, 3.05) is 26.2 Å². The third-order valence-electron chi connectivity index (χ3n) is 5.15. The summed E-state index contributed by atoms with van der Waals surface area (Å²) >= 11 is 0. The standard InChI is InChI=1S/C15H28N2O/c1-3-15(4-2)7-9-17(12-15)14(18)10-13-6-5-8-16-11-13/h13,16H,3-12H2,1-2H3. The minimum absolute atomic E-state index is 0.396. The molecule has 0 radical (unpaired) electrons. The van der Waals surface area contributed by atoms with Crippen LogP contribution in [0.5, 0.6) is 0 Å². The molecule has 0 aromatic carbocycles. The predicted molar refractivity (Wildman–Crippen MR) is 74.4 cm³/mol. The number of rotatable bonds is 4. The van der Waals surface area contributed by atoms with Gasteiger partial charge in [-0.15, -0.1) is 0 Å². The molecule has 0 bridgehead atoms. The van der Waals surface area contributed by atoms with Crippen molar-refractivity contribution in [2.45, 2.75) is 52.4 Å². The van der Waals surface area contributed by atoms with Gasteiger partial charge in [0.15, 0.2) is 0 Å². The second kappa shape index (κ2) is 6.05. The molecule has 1 amide bonds. The molecule has 1 atom stereocenters. The Balaban J connectivity index is 1.83. The quantitative estimate of drug-likeness (QED) is 0.833. The fourth-order valence-electron chi connectivity index (χ4n) is 3.45. The molecule has 0 aromatic rings. The Bertz CT molecular complexity index is 280. The molecule has 0 aromatic heterocycles. The molecular formula is C15H28N2O. The molecule has 1 N–H and O–H groups in total. The highest BCUT2D eigenvalue weighted by atomic mass is 16.2. The van der Waals surface area contributed by atoms with E-state index in [1.165, 1.54) is 32.1 Å². The van der Waals surface area contributed by atoms with Gasteiger partial charge in [-0.1, -0.05) is 13.8 Å². The molecule has 2 fully saturated rings. The number of carbonyl (C=O) groups is 1. The third kappa shape index (κ3) is 3.05. The third-order valence-corrected chi connectivity index (χ3v) is 5.15. The summed E-state index contributed by atoms with van der Waals surface area (Å²) in [4.78, 5) is 14.5. The first kappa shape index (κ1) is 13.9. The van der Waals surface area contributed by atoms with Crippen LogP contribution >= 0.6 is 0 Å². The first-order valence-corrected chi connectivity index (χ1v) is 7.67. The highest BCUT2D eigenvalue weighted by molar-refractivity contribution is 5.76. The normalized spacial score (nSPS) is 27.4. The van der Waals surface area contributed by atoms with Gasteiger partial charge in [-0.25, -0.2) is 0 Å². The lowest BCUT2D eigenvalue weighted by molar-refractivity contribution is -0.131. The van der Waals surface area contributed by atoms with E-state index in [9.17, 15) is 4.79 Å². The zero-order valence-corrected chi connectivity index (χ0v) is 12.0. The van der Waals surface area contributed by atoms with Gasteiger partial charge in [0.05, 0.1) is 0 Å². The van der Waals surface area contributed by atoms with E-state index in [2.05, 4.69) is 24.1 Å². The maximum Gasteiger partial charge on any atom is 0.222 e. The van der Waals surface area contributed by atoms with Gasteiger partial charge < -0.3 is 10.2 Å². The topological polar surface area (TPSA) is 32.3 Å². The van der Waals surface area contributed by atoms with E-state index in [0.29, 0.717) is 17.2 Å². The summed E-state index contributed by atoms with van der Waals surface area (Å²) in [6.07, 6.45) is 6.83. The van der Waals surface area contributed by atoms with Crippen molar-refractivity contribution in [3.63, 3.8) is 0 Å². The largest absolute Gasteiger partial charge is 0.342 e. The molecule has 18 heavy (non-hydrogen) atoms. The van der Waals surface area contributed by atoms with Crippen molar-refractivity contribution >= 4 is 5.91 Å². The highest BCUT2D eigenvalue weighted by Crippen LogP contribution is 2.37. The summed E-state index contributed by atoms with van der Waals surface area (Å²) in [6.45, 7) is 8.68. The van der Waals surface area contributed by atoms with Gasteiger partial charge in [0, 0.05) is 19.5 Å². The number of carbonyl (C=O) groups excluding carboxylic acids is 1. The number of nitrogens with one attached hydrogen (secondary N) is 1. The van der Waals surface area contributed by atoms with Gasteiger partial charge in [-0.3, -0.25) is 4.79 Å². The van der Waals surface area contributed by atoms with Crippen molar-refractivity contribution < 1.29 is 4.79 Å². The van der Waals surface area contributed by atoms with E-state index in [1.54, 1.807) is 0 Å². The lowest BCUT2D eigenvalue weighted by atomic mass is 9.82. The first-order valence-electron chi connectivity index (χ1n) is 7.67. The summed E-state index contributed by atoms with van der Waals surface area (Å²) in [5.41, 5.74) is 0.417. The van der Waals surface area contributed by atoms with Crippen LogP contribution in [0.3, 0.4) is 0 Å². The molecule has 104 valence electrons. The number of likely N-dealkylation sites (tertiary alicyclic amines) is 1. The second-order valence-electron chi connectivity index (χ2n) is 6.19. The van der Waals surface area contributed by atoms with Crippen LogP contribution in [0.1, 0.15) is 52.4 Å². The Labute approximate surface area is 111 Å². The second-order valence-corrected chi connectivity index (χ2v) is 6.19. The van der Waals surface area contributed by atoms with Crippen molar-refractivity contribution in [3.05, 3.63) is 0 Å². The molecule has 3 nitrogen and oxygen atoms in total. The van der Waals surface area contributed by atoms with Crippen LogP contribution in [-0.2, 0) is 4.79 Å². The summed E-state index contributed by atoms with van der Waals surface area (Å²) < 4.78 is 0. The van der Waals surface area contributed by atoms with Crippen LogP contribution in [0.4, 0.5) is 0 Å². The van der Waals surface area contributed by atoms with E-state index in [-0.39, 0.29) is 0 Å². The molecule has 1 unspecified atom stereocenters. The van der Waals surface area contributed by atoms with Gasteiger partial charge in [0.2, 0.25) is 5.91 Å². The molecule has 0 spiro atoms. The smallest absolute Gasteiger partial charge is 0.222 e. The van der Waals surface area contributed by atoms with Gasteiger partial charge in [0.25, 0.3) is 0 Å². The van der Waals surface area contributed by atoms with Gasteiger partial charge in [-0.2, -0.15) is 0 Å². The maximum absolute atomic E-state index is 12.3. The number of hydrogen-bond donors (Lipinski definition) is 1. The van der Waals surface area contributed by atoms with Gasteiger partial charge in [-0.05, 0) is 56.5 Å². The van der Waals surface area contributed by atoms with Crippen LogP contribution in [0.15, 0.2) is 0 Å². The van der Waals surface area contributed by atoms with E-state index in [1.807, 2.05) is 0 Å². The van der Waals surface area contributed by atoms with Crippen LogP contribution in [0.25, 0.3) is 0 Å². The van der Waals surface area contributed by atoms with E-state index in [4.69, 9.17) is 0 Å². The molecular weight excluding hydrogens is 224 g/mol. The van der Waals surface area contributed by atoms with E-state index in [0.717, 1.165) is 32.6 Å². The summed E-state index contributed by atoms with van der Waals surface area (Å²) in [6, 6.07) is 0. The number of hydrogen-bond acceptors (Lipinski definition) is 2. The fourth-order valence-corrected chi connectivity index (χ4v) is 3.45. The zero-order valence-electron chi connectivity index (χ0n) is 12.0. The summed E-state index contributed by atoms with van der Waals surface area (Å²) in [5.74, 6) is 0.969. The minimum atomic E-state index is 0.396. The monoisotopic (exact) mass is 252 g/mol. The van der Waals surface area contributed by atoms with Crippen molar-refractivity contribution in [2.24, 2.45) is 11.3 Å². The van der Waals surface area contributed by atoms with Crippen LogP contribution in [0.2, 0.25) is 0 Å². The molecule has 2 aliphatic heterocycles. The van der Waals surface area contributed by atoms with E-state index < -0.39 is 0 Å². The number of amides is 1. The van der Waals surface area contributed by atoms with Gasteiger partial charge in [0.1, 0.15) is 0 Å². The maximum atomic E-state index is 12.3. The van der Waals surface area contributed by atoms with Crippen molar-refractivity contribution in [3.8, 4) is 0 Å². The molecule has 2 rings (SSSR count). The molecule has 0 aliphatic carbocycles. The average molecular weight is 252 g/mol. The molecule has 2 heterocycles. The summed E-state index contributed by atoms with van der Waals surface area (Å²) in [7, 11) is 0. The Morgan fingerprint density at radius 3 is 2.72 bits per heavy atom. The molecule has 2 aliphatic rings. The fraction of sp³-hybridized carbons (Fsp3) is 0.933. The predicted octanol–water partition coefficient (Wildman–Crippen LogP) is 2.41. The zero-order chi connectivity index (χ0) is 13.0. The Hall–Kier alpha value is -0.570. The Kier molecular flexibility index (Phi) is 4.66. The lowest BCUT2D eigenvalue weighted by Gasteiger charge is -2.28. The van der Waals surface area contributed by atoms with Crippen LogP contribution in [-0.4, -0.2) is 37.0 Å². The first-order chi connectivity index (χ1) is 8.69. The molecule has 2 saturated heterocycles. The number of nitrogens with zero attached hydrogens (tertiary/aromatic N) is 1. The van der Waals surface area contributed by atoms with E-state index >= 15 is 0 Å². The Morgan fingerprint density at radius 1 is 1.39 bits per heavy atom. The summed E-state index contributed by atoms with van der Waals surface area (Å²) in [5, 5.41) is 3.40. The Morgan fingerprint density at radius 2 is 2.17 bits per heavy atom. The average Bonchev–Trinajstić information content (AvgIpc) is 2.85. The van der Waals surface area contributed by atoms with Gasteiger partial charge >= 0.3 is 0 Å². The molecule has 0 saturated carbocycles. The van der Waals surface area contributed by atoms with Crippen LogP contribution < -0.4 is 5.32 Å². The van der Waals surface area contributed by atoms with Crippen molar-refractivity contribution in [1.29, 1.82) is 0 Å². The van der Waals surface area contributed by atoms with Crippen molar-refractivity contribution in [1.82, 2.24) is 10.2 Å². The molecule has 3 heteroatoms. The van der Waals surface area contributed by atoms with Crippen LogP contribution in [0, 0.1) is 11.3 Å². The SMILES string of the molecule is CCC1(CC)CCN(C(=O)CC2CCCNC2)C1. The lowest BCUT2D eigenvalue weighted by Crippen LogP contribution is -2.36. The highest BCUT2D eigenvalue weighted by Gasteiger charge is 2.37.